The minimum atomic E-state index is -3.08. The average Bonchev–Trinajstić information content (AvgIpc) is 3.00. The van der Waals surface area contributed by atoms with Crippen LogP contribution in [0.4, 0.5) is 18.9 Å². The molecule has 1 aliphatic heterocycles. The molecular weight excluding hydrogens is 395 g/mol. The molecule has 1 aromatic carbocycles. The van der Waals surface area contributed by atoms with Gasteiger partial charge in [0.15, 0.2) is 0 Å². The maximum atomic E-state index is 14.6. The molecule has 2 amide bonds. The lowest BCUT2D eigenvalue weighted by Gasteiger charge is -2.37. The van der Waals surface area contributed by atoms with E-state index >= 15 is 0 Å². The number of carbonyl (C=O) groups is 2. The van der Waals surface area contributed by atoms with E-state index in [1.165, 1.54) is 41.6 Å². The van der Waals surface area contributed by atoms with Crippen molar-refractivity contribution < 1.29 is 22.8 Å². The van der Waals surface area contributed by atoms with Crippen molar-refractivity contribution >= 4 is 17.5 Å². The van der Waals surface area contributed by atoms with E-state index in [0.29, 0.717) is 11.3 Å². The summed E-state index contributed by atoms with van der Waals surface area (Å²) in [4.78, 5) is 30.6. The number of nitrogens with zero attached hydrogens (tertiary/aromatic N) is 2. The zero-order chi connectivity index (χ0) is 21.4. The summed E-state index contributed by atoms with van der Waals surface area (Å²) in [5, 5.41) is 2.51. The van der Waals surface area contributed by atoms with Gasteiger partial charge >= 0.3 is 0 Å². The molecule has 1 saturated carbocycles. The molecule has 4 rings (SSSR count). The van der Waals surface area contributed by atoms with Crippen LogP contribution in [0.2, 0.25) is 0 Å². The van der Waals surface area contributed by atoms with Crippen molar-refractivity contribution in [3.05, 3.63) is 71.9 Å². The fourth-order valence-corrected chi connectivity index (χ4v) is 4.33. The van der Waals surface area contributed by atoms with Crippen molar-refractivity contribution in [1.82, 2.24) is 10.3 Å². The number of hydrogen-bond acceptors (Lipinski definition) is 3. The van der Waals surface area contributed by atoms with Gasteiger partial charge in [-0.2, -0.15) is 0 Å². The first-order valence-corrected chi connectivity index (χ1v) is 9.63. The van der Waals surface area contributed by atoms with Crippen LogP contribution in [0.5, 0.6) is 0 Å². The molecule has 0 bridgehead atoms. The summed E-state index contributed by atoms with van der Waals surface area (Å²) >= 11 is 0. The van der Waals surface area contributed by atoms with Crippen molar-refractivity contribution in [2.24, 2.45) is 5.41 Å². The number of halogens is 3. The number of pyridine rings is 1. The number of benzene rings is 1. The molecule has 8 heteroatoms. The summed E-state index contributed by atoms with van der Waals surface area (Å²) in [6, 6.07) is 10.4. The van der Waals surface area contributed by atoms with Gasteiger partial charge in [0.1, 0.15) is 11.5 Å². The highest BCUT2D eigenvalue weighted by atomic mass is 19.3. The number of carbonyl (C=O) groups excluding carboxylic acids is 2. The summed E-state index contributed by atoms with van der Waals surface area (Å²) in [6.07, 6.45) is 2.01. The highest BCUT2D eigenvalue weighted by Crippen LogP contribution is 2.52. The Morgan fingerprint density at radius 3 is 2.73 bits per heavy atom. The van der Waals surface area contributed by atoms with Gasteiger partial charge in [-0.05, 0) is 48.7 Å². The van der Waals surface area contributed by atoms with E-state index in [1.54, 1.807) is 18.2 Å². The number of nitrogens with one attached hydrogen (secondary N) is 1. The molecule has 156 valence electrons. The van der Waals surface area contributed by atoms with E-state index in [4.69, 9.17) is 0 Å². The zero-order valence-corrected chi connectivity index (χ0v) is 16.1. The lowest BCUT2D eigenvalue weighted by molar-refractivity contribution is -0.134. The van der Waals surface area contributed by atoms with Crippen LogP contribution in [0.25, 0.3) is 0 Å². The molecule has 1 unspecified atom stereocenters. The second-order valence-corrected chi connectivity index (χ2v) is 7.84. The summed E-state index contributed by atoms with van der Waals surface area (Å²) in [6.45, 7) is 0.242. The Hall–Kier alpha value is -3.16. The number of allylic oxidation sites excluding steroid dienone is 1. The number of amides is 2. The average molecular weight is 415 g/mol. The fourth-order valence-electron chi connectivity index (χ4n) is 4.33. The third-order valence-corrected chi connectivity index (χ3v) is 5.59. The van der Waals surface area contributed by atoms with Gasteiger partial charge in [0.05, 0.1) is 5.41 Å². The summed E-state index contributed by atoms with van der Waals surface area (Å²) in [5.41, 5.74) is -0.444. The van der Waals surface area contributed by atoms with Crippen molar-refractivity contribution in [3.63, 3.8) is 0 Å². The molecule has 2 fully saturated rings. The summed E-state index contributed by atoms with van der Waals surface area (Å²) < 4.78 is 42.7. The highest BCUT2D eigenvalue weighted by molar-refractivity contribution is 6.00. The minimum Gasteiger partial charge on any atom is -0.327 e. The standard InChI is InChI=1S/C22H20F3N3O2/c23-16-4-3-5-17(10-16)28-9-7-21(20(28)30)11-15(12-22(24,25)14-21)13-27-19(29)18-6-1-2-8-26-18/h1-6,8,10,13H,7,9,11-12,14H2,(H,27,29)/b15-13+. The van der Waals surface area contributed by atoms with Crippen LogP contribution < -0.4 is 10.2 Å². The summed E-state index contributed by atoms with van der Waals surface area (Å²) in [5.74, 6) is -4.51. The molecule has 1 aliphatic carbocycles. The second-order valence-electron chi connectivity index (χ2n) is 7.84. The number of alkyl halides is 2. The second kappa shape index (κ2) is 7.59. The van der Waals surface area contributed by atoms with Crippen LogP contribution in [0.3, 0.4) is 0 Å². The van der Waals surface area contributed by atoms with Crippen LogP contribution in [0, 0.1) is 11.2 Å². The maximum Gasteiger partial charge on any atom is 0.273 e. The predicted molar refractivity (Wildman–Crippen MR) is 104 cm³/mol. The lowest BCUT2D eigenvalue weighted by atomic mass is 9.69. The number of rotatable bonds is 3. The lowest BCUT2D eigenvalue weighted by Crippen LogP contribution is -2.43. The smallest absolute Gasteiger partial charge is 0.273 e. The maximum absolute atomic E-state index is 14.6. The molecule has 1 spiro atoms. The molecule has 5 nitrogen and oxygen atoms in total. The molecule has 1 saturated heterocycles. The van der Waals surface area contributed by atoms with Gasteiger partial charge in [0, 0.05) is 37.5 Å². The molecular formula is C22H20F3N3O2. The molecule has 1 aromatic heterocycles. The van der Waals surface area contributed by atoms with E-state index in [2.05, 4.69) is 10.3 Å². The van der Waals surface area contributed by atoms with Crippen molar-refractivity contribution in [3.8, 4) is 0 Å². The third-order valence-electron chi connectivity index (χ3n) is 5.59. The molecule has 0 radical (unpaired) electrons. The minimum absolute atomic E-state index is 0.121. The Kier molecular flexibility index (Phi) is 5.09. The fraction of sp³-hybridized carbons (Fsp3) is 0.318. The van der Waals surface area contributed by atoms with Crippen molar-refractivity contribution in [2.45, 2.75) is 31.6 Å². The van der Waals surface area contributed by atoms with Crippen LogP contribution in [-0.2, 0) is 4.79 Å². The third kappa shape index (κ3) is 3.94. The van der Waals surface area contributed by atoms with Gasteiger partial charge in [-0.25, -0.2) is 13.2 Å². The van der Waals surface area contributed by atoms with Gasteiger partial charge in [-0.3, -0.25) is 14.6 Å². The molecule has 1 atom stereocenters. The first-order valence-electron chi connectivity index (χ1n) is 9.63. The first-order chi connectivity index (χ1) is 14.3. The van der Waals surface area contributed by atoms with Crippen molar-refractivity contribution in [2.75, 3.05) is 11.4 Å². The Bertz CT molecular complexity index is 1010. The quantitative estimate of drug-likeness (QED) is 0.822. The van der Waals surface area contributed by atoms with Crippen LogP contribution in [-0.4, -0.2) is 29.3 Å². The van der Waals surface area contributed by atoms with E-state index < -0.39 is 41.8 Å². The molecule has 2 aliphatic rings. The highest BCUT2D eigenvalue weighted by Gasteiger charge is 2.56. The predicted octanol–water partition coefficient (Wildman–Crippen LogP) is 4.08. The van der Waals surface area contributed by atoms with Crippen LogP contribution in [0.15, 0.2) is 60.4 Å². The van der Waals surface area contributed by atoms with E-state index in [1.807, 2.05) is 0 Å². The van der Waals surface area contributed by atoms with Crippen LogP contribution in [0.1, 0.15) is 36.2 Å². The summed E-state index contributed by atoms with van der Waals surface area (Å²) in [7, 11) is 0. The normalized spacial score (nSPS) is 24.4. The monoisotopic (exact) mass is 415 g/mol. The Labute approximate surface area is 171 Å². The molecule has 2 heterocycles. The Balaban J connectivity index is 1.55. The molecule has 1 N–H and O–H groups in total. The Morgan fingerprint density at radius 2 is 2.00 bits per heavy atom. The van der Waals surface area contributed by atoms with Gasteiger partial charge in [0.2, 0.25) is 5.91 Å². The topological polar surface area (TPSA) is 62.3 Å². The van der Waals surface area contributed by atoms with Gasteiger partial charge < -0.3 is 10.2 Å². The van der Waals surface area contributed by atoms with E-state index in [-0.39, 0.29) is 25.1 Å². The van der Waals surface area contributed by atoms with Gasteiger partial charge in [-0.1, -0.05) is 12.1 Å². The van der Waals surface area contributed by atoms with Crippen LogP contribution >= 0.6 is 0 Å². The Morgan fingerprint density at radius 1 is 1.17 bits per heavy atom. The van der Waals surface area contributed by atoms with Gasteiger partial charge in [-0.15, -0.1) is 0 Å². The molecule has 2 aromatic rings. The van der Waals surface area contributed by atoms with Crippen molar-refractivity contribution in [1.29, 1.82) is 0 Å². The van der Waals surface area contributed by atoms with E-state index in [9.17, 15) is 22.8 Å². The zero-order valence-electron chi connectivity index (χ0n) is 16.1. The first kappa shape index (κ1) is 20.1. The number of hydrogen-bond donors (Lipinski definition) is 1. The van der Waals surface area contributed by atoms with E-state index in [0.717, 1.165) is 0 Å². The number of anilines is 1. The SMILES string of the molecule is O=C(N/C=C1/CC(F)(F)CC2(CCN(c3cccc(F)c3)C2=O)C1)c1ccccn1. The molecule has 30 heavy (non-hydrogen) atoms. The number of aromatic nitrogens is 1. The largest absolute Gasteiger partial charge is 0.327 e. The van der Waals surface area contributed by atoms with Gasteiger partial charge in [0.25, 0.3) is 11.8 Å².